The number of benzene rings is 2. The number of hydrogen-bond acceptors (Lipinski definition) is 4. The standard InChI is InChI=1S/C23H28N2O4/c1-16-9-10-19(13-22(16)24-17(2)26)23(27)25(15-21-8-5-11-29-21)14-18-6-4-7-20(12-18)28-3/h4,6-7,9-10,12-13,21H,5,8,11,14-15H2,1-3H3,(H,24,26). The van der Waals surface area contributed by atoms with Crippen LogP contribution in [0.15, 0.2) is 42.5 Å². The van der Waals surface area contributed by atoms with Crippen LogP contribution in [0.3, 0.4) is 0 Å². The molecule has 1 aliphatic heterocycles. The van der Waals surface area contributed by atoms with Crippen LogP contribution >= 0.6 is 0 Å². The average molecular weight is 396 g/mol. The molecule has 0 aliphatic carbocycles. The summed E-state index contributed by atoms with van der Waals surface area (Å²) in [6.07, 6.45) is 2.01. The predicted molar refractivity (Wildman–Crippen MR) is 112 cm³/mol. The zero-order valence-corrected chi connectivity index (χ0v) is 17.2. The molecule has 3 rings (SSSR count). The Kier molecular flexibility index (Phi) is 6.88. The monoisotopic (exact) mass is 396 g/mol. The summed E-state index contributed by atoms with van der Waals surface area (Å²) in [4.78, 5) is 26.7. The minimum atomic E-state index is -0.162. The van der Waals surface area contributed by atoms with Crippen molar-refractivity contribution in [2.24, 2.45) is 0 Å². The molecule has 0 bridgehead atoms. The van der Waals surface area contributed by atoms with Gasteiger partial charge in [0.1, 0.15) is 5.75 Å². The zero-order valence-electron chi connectivity index (χ0n) is 17.2. The van der Waals surface area contributed by atoms with Crippen molar-refractivity contribution in [1.29, 1.82) is 0 Å². The van der Waals surface area contributed by atoms with E-state index in [1.54, 1.807) is 19.2 Å². The Hall–Kier alpha value is -2.86. The molecule has 1 aliphatic rings. The van der Waals surface area contributed by atoms with E-state index in [4.69, 9.17) is 9.47 Å². The molecule has 1 unspecified atom stereocenters. The van der Waals surface area contributed by atoms with Crippen molar-refractivity contribution in [2.75, 3.05) is 25.6 Å². The first-order valence-electron chi connectivity index (χ1n) is 9.88. The lowest BCUT2D eigenvalue weighted by Crippen LogP contribution is -2.37. The zero-order chi connectivity index (χ0) is 20.8. The lowest BCUT2D eigenvalue weighted by Gasteiger charge is -2.26. The van der Waals surface area contributed by atoms with E-state index in [2.05, 4.69) is 5.32 Å². The summed E-state index contributed by atoms with van der Waals surface area (Å²) >= 11 is 0. The summed E-state index contributed by atoms with van der Waals surface area (Å²) in [5.41, 5.74) is 3.10. The number of rotatable bonds is 7. The first kappa shape index (κ1) is 20.9. The highest BCUT2D eigenvalue weighted by atomic mass is 16.5. The molecule has 1 saturated heterocycles. The maximum atomic E-state index is 13.4. The second-order valence-electron chi connectivity index (χ2n) is 7.38. The second-order valence-corrected chi connectivity index (χ2v) is 7.38. The number of methoxy groups -OCH3 is 1. The summed E-state index contributed by atoms with van der Waals surface area (Å²) in [5.74, 6) is 0.510. The van der Waals surface area contributed by atoms with Gasteiger partial charge in [-0.2, -0.15) is 0 Å². The van der Waals surface area contributed by atoms with Crippen molar-refractivity contribution < 1.29 is 19.1 Å². The molecule has 6 nitrogen and oxygen atoms in total. The maximum Gasteiger partial charge on any atom is 0.254 e. The number of hydrogen-bond donors (Lipinski definition) is 1. The van der Waals surface area contributed by atoms with Crippen LogP contribution in [0, 0.1) is 6.92 Å². The maximum absolute atomic E-state index is 13.4. The highest BCUT2D eigenvalue weighted by molar-refractivity contribution is 5.97. The van der Waals surface area contributed by atoms with Crippen molar-refractivity contribution in [3.63, 3.8) is 0 Å². The molecule has 0 spiro atoms. The molecule has 1 heterocycles. The third-order valence-electron chi connectivity index (χ3n) is 5.04. The van der Waals surface area contributed by atoms with Gasteiger partial charge in [-0.3, -0.25) is 9.59 Å². The van der Waals surface area contributed by atoms with E-state index in [-0.39, 0.29) is 17.9 Å². The van der Waals surface area contributed by atoms with Crippen LogP contribution in [0.5, 0.6) is 5.75 Å². The third-order valence-corrected chi connectivity index (χ3v) is 5.04. The third kappa shape index (κ3) is 5.57. The largest absolute Gasteiger partial charge is 0.497 e. The number of anilines is 1. The number of aryl methyl sites for hydroxylation is 1. The molecule has 2 aromatic rings. The van der Waals surface area contributed by atoms with E-state index in [0.717, 1.165) is 36.3 Å². The number of carbonyl (C=O) groups is 2. The van der Waals surface area contributed by atoms with Crippen molar-refractivity contribution in [1.82, 2.24) is 4.90 Å². The normalized spacial score (nSPS) is 15.8. The Morgan fingerprint density at radius 2 is 2.07 bits per heavy atom. The van der Waals surface area contributed by atoms with E-state index in [0.29, 0.717) is 24.3 Å². The minimum Gasteiger partial charge on any atom is -0.497 e. The molecule has 1 atom stereocenters. The molecule has 2 amide bonds. The molecule has 0 radical (unpaired) electrons. The smallest absolute Gasteiger partial charge is 0.254 e. The second kappa shape index (κ2) is 9.56. The van der Waals surface area contributed by atoms with Crippen LogP contribution in [0.25, 0.3) is 0 Å². The fraction of sp³-hybridized carbons (Fsp3) is 0.391. The summed E-state index contributed by atoms with van der Waals surface area (Å²) < 4.78 is 11.1. The molecule has 0 saturated carbocycles. The van der Waals surface area contributed by atoms with Crippen molar-refractivity contribution in [3.8, 4) is 5.75 Å². The van der Waals surface area contributed by atoms with Crippen LogP contribution < -0.4 is 10.1 Å². The molecule has 2 aromatic carbocycles. The lowest BCUT2D eigenvalue weighted by molar-refractivity contribution is -0.114. The predicted octanol–water partition coefficient (Wildman–Crippen LogP) is 3.78. The quantitative estimate of drug-likeness (QED) is 0.773. The van der Waals surface area contributed by atoms with E-state index in [1.807, 2.05) is 42.2 Å². The van der Waals surface area contributed by atoms with E-state index < -0.39 is 0 Å². The van der Waals surface area contributed by atoms with E-state index in [1.165, 1.54) is 6.92 Å². The highest BCUT2D eigenvalue weighted by Gasteiger charge is 2.24. The van der Waals surface area contributed by atoms with Gasteiger partial charge in [-0.1, -0.05) is 18.2 Å². The molecule has 1 fully saturated rings. The SMILES string of the molecule is COc1cccc(CN(CC2CCCO2)C(=O)c2ccc(C)c(NC(C)=O)c2)c1. The van der Waals surface area contributed by atoms with Gasteiger partial charge < -0.3 is 19.7 Å². The number of ether oxygens (including phenoxy) is 2. The minimum absolute atomic E-state index is 0.0461. The molecule has 0 aromatic heterocycles. The van der Waals surface area contributed by atoms with Crippen LogP contribution in [0.4, 0.5) is 5.69 Å². The van der Waals surface area contributed by atoms with Crippen LogP contribution in [0.1, 0.15) is 41.3 Å². The average Bonchev–Trinajstić information content (AvgIpc) is 3.21. The van der Waals surface area contributed by atoms with E-state index >= 15 is 0 Å². The lowest BCUT2D eigenvalue weighted by atomic mass is 10.1. The van der Waals surface area contributed by atoms with Gasteiger partial charge in [0.25, 0.3) is 5.91 Å². The molecule has 29 heavy (non-hydrogen) atoms. The summed E-state index contributed by atoms with van der Waals surface area (Å²) in [7, 11) is 1.63. The number of carbonyl (C=O) groups excluding carboxylic acids is 2. The molecule has 6 heteroatoms. The molecular weight excluding hydrogens is 368 g/mol. The Labute approximate surface area is 171 Å². The first-order chi connectivity index (χ1) is 14.0. The Bertz CT molecular complexity index is 875. The Morgan fingerprint density at radius 3 is 2.76 bits per heavy atom. The molecular formula is C23H28N2O4. The van der Waals surface area contributed by atoms with E-state index in [9.17, 15) is 9.59 Å². The Morgan fingerprint density at radius 1 is 1.24 bits per heavy atom. The van der Waals surface area contributed by atoms with Gasteiger partial charge in [0.2, 0.25) is 5.91 Å². The van der Waals surface area contributed by atoms with Crippen molar-refractivity contribution in [3.05, 3.63) is 59.2 Å². The fourth-order valence-electron chi connectivity index (χ4n) is 3.51. The van der Waals surface area contributed by atoms with Crippen molar-refractivity contribution >= 4 is 17.5 Å². The molecule has 154 valence electrons. The van der Waals surface area contributed by atoms with Gasteiger partial charge in [-0.05, 0) is 55.2 Å². The summed E-state index contributed by atoms with van der Waals surface area (Å²) in [6.45, 7) is 5.09. The van der Waals surface area contributed by atoms with Gasteiger partial charge in [-0.15, -0.1) is 0 Å². The van der Waals surface area contributed by atoms with Gasteiger partial charge in [0, 0.05) is 37.9 Å². The van der Waals surface area contributed by atoms with Gasteiger partial charge in [0.15, 0.2) is 0 Å². The van der Waals surface area contributed by atoms with Gasteiger partial charge in [-0.25, -0.2) is 0 Å². The molecule has 1 N–H and O–H groups in total. The topological polar surface area (TPSA) is 67.9 Å². The van der Waals surface area contributed by atoms with Crippen LogP contribution in [-0.4, -0.2) is 43.1 Å². The summed E-state index contributed by atoms with van der Waals surface area (Å²) in [6, 6.07) is 13.1. The van der Waals surface area contributed by atoms with Crippen LogP contribution in [-0.2, 0) is 16.1 Å². The van der Waals surface area contributed by atoms with Crippen LogP contribution in [0.2, 0.25) is 0 Å². The number of nitrogens with one attached hydrogen (secondary N) is 1. The van der Waals surface area contributed by atoms with Gasteiger partial charge >= 0.3 is 0 Å². The number of nitrogens with zero attached hydrogens (tertiary/aromatic N) is 1. The van der Waals surface area contributed by atoms with Crippen molar-refractivity contribution in [2.45, 2.75) is 39.3 Å². The summed E-state index contributed by atoms with van der Waals surface area (Å²) in [5, 5.41) is 2.79. The number of amides is 2. The Balaban J connectivity index is 1.86. The first-order valence-corrected chi connectivity index (χ1v) is 9.88. The van der Waals surface area contributed by atoms with Gasteiger partial charge in [0.05, 0.1) is 13.2 Å². The highest BCUT2D eigenvalue weighted by Crippen LogP contribution is 2.22. The fourth-order valence-corrected chi connectivity index (χ4v) is 3.51.